The topological polar surface area (TPSA) is 64.3 Å². The van der Waals surface area contributed by atoms with Crippen LogP contribution < -0.4 is 15.8 Å². The van der Waals surface area contributed by atoms with Gasteiger partial charge in [0.2, 0.25) is 0 Å². The van der Waals surface area contributed by atoms with E-state index < -0.39 is 0 Å². The summed E-state index contributed by atoms with van der Waals surface area (Å²) in [6, 6.07) is 13.2. The summed E-state index contributed by atoms with van der Waals surface area (Å²) in [6.07, 6.45) is 0. The van der Waals surface area contributed by atoms with Crippen molar-refractivity contribution in [1.29, 1.82) is 0 Å². The van der Waals surface area contributed by atoms with Gasteiger partial charge in [-0.15, -0.1) is 0 Å². The number of ether oxygens (including phenoxy) is 1. The minimum absolute atomic E-state index is 0.0312. The van der Waals surface area contributed by atoms with Gasteiger partial charge >= 0.3 is 0 Å². The third-order valence-electron chi connectivity index (χ3n) is 3.61. The van der Waals surface area contributed by atoms with Gasteiger partial charge in [0.25, 0.3) is 5.91 Å². The minimum atomic E-state index is -0.196. The molecule has 0 atom stereocenters. The normalized spacial score (nSPS) is 11.1. The molecular weight excluding hydrogens is 288 g/mol. The number of nitrogens with one attached hydrogen (secondary N) is 1. The molecule has 4 heteroatoms. The van der Waals surface area contributed by atoms with Gasteiger partial charge in [0.05, 0.1) is 0 Å². The molecule has 2 aromatic rings. The number of amides is 1. The van der Waals surface area contributed by atoms with E-state index in [0.717, 1.165) is 22.6 Å². The lowest BCUT2D eigenvalue weighted by molar-refractivity contribution is -0.118. The lowest BCUT2D eigenvalue weighted by Crippen LogP contribution is -2.22. The van der Waals surface area contributed by atoms with Crippen LogP contribution in [-0.2, 0) is 10.2 Å². The second kappa shape index (κ2) is 6.73. The van der Waals surface area contributed by atoms with Crippen molar-refractivity contribution in [1.82, 2.24) is 0 Å². The molecule has 122 valence electrons. The zero-order valence-electron chi connectivity index (χ0n) is 14.1. The number of nitrogen functional groups attached to an aromatic ring is 1. The summed E-state index contributed by atoms with van der Waals surface area (Å²) < 4.78 is 5.71. The maximum atomic E-state index is 12.1. The highest BCUT2D eigenvalue weighted by Gasteiger charge is 2.18. The molecule has 0 aliphatic heterocycles. The fourth-order valence-corrected chi connectivity index (χ4v) is 2.31. The molecule has 2 rings (SSSR count). The van der Waals surface area contributed by atoms with Gasteiger partial charge < -0.3 is 15.8 Å². The number of carbonyl (C=O) groups is 1. The van der Waals surface area contributed by atoms with E-state index in [9.17, 15) is 4.79 Å². The Morgan fingerprint density at radius 1 is 1.17 bits per heavy atom. The van der Waals surface area contributed by atoms with Crippen molar-refractivity contribution in [3.05, 3.63) is 53.6 Å². The molecule has 0 aromatic heterocycles. The van der Waals surface area contributed by atoms with Crippen LogP contribution in [0.5, 0.6) is 5.75 Å². The fourth-order valence-electron chi connectivity index (χ4n) is 2.31. The highest BCUT2D eigenvalue weighted by Crippen LogP contribution is 2.30. The van der Waals surface area contributed by atoms with Crippen molar-refractivity contribution < 1.29 is 9.53 Å². The first kappa shape index (κ1) is 16.9. The van der Waals surface area contributed by atoms with E-state index in [1.807, 2.05) is 37.3 Å². The van der Waals surface area contributed by atoms with Crippen LogP contribution in [0, 0.1) is 6.92 Å². The molecule has 0 heterocycles. The first-order chi connectivity index (χ1) is 10.8. The lowest BCUT2D eigenvalue weighted by Gasteiger charge is -2.22. The van der Waals surface area contributed by atoms with Crippen molar-refractivity contribution in [2.75, 3.05) is 17.7 Å². The molecule has 0 aliphatic carbocycles. The molecule has 0 radical (unpaired) electrons. The third kappa shape index (κ3) is 4.49. The van der Waals surface area contributed by atoms with E-state index >= 15 is 0 Å². The summed E-state index contributed by atoms with van der Waals surface area (Å²) in [4.78, 5) is 12.1. The Morgan fingerprint density at radius 2 is 1.87 bits per heavy atom. The Hall–Kier alpha value is -2.49. The number of hydrogen-bond acceptors (Lipinski definition) is 3. The minimum Gasteiger partial charge on any atom is -0.483 e. The van der Waals surface area contributed by atoms with Gasteiger partial charge in [0.15, 0.2) is 6.61 Å². The maximum Gasteiger partial charge on any atom is 0.262 e. The van der Waals surface area contributed by atoms with E-state index in [1.165, 1.54) is 0 Å². The van der Waals surface area contributed by atoms with Gasteiger partial charge in [-0.25, -0.2) is 0 Å². The van der Waals surface area contributed by atoms with Crippen LogP contribution in [0.2, 0.25) is 0 Å². The number of rotatable bonds is 4. The van der Waals surface area contributed by atoms with Crippen LogP contribution in [0.15, 0.2) is 42.5 Å². The van der Waals surface area contributed by atoms with Crippen molar-refractivity contribution in [2.24, 2.45) is 0 Å². The van der Waals surface area contributed by atoms with Crippen LogP contribution in [0.25, 0.3) is 0 Å². The molecule has 0 fully saturated rings. The summed E-state index contributed by atoms with van der Waals surface area (Å²) in [5.41, 5.74) is 9.17. The highest BCUT2D eigenvalue weighted by atomic mass is 16.5. The quantitative estimate of drug-likeness (QED) is 0.842. The van der Waals surface area contributed by atoms with E-state index in [0.29, 0.717) is 5.69 Å². The average Bonchev–Trinajstić information content (AvgIpc) is 2.48. The molecule has 2 aromatic carbocycles. The number of anilines is 2. The van der Waals surface area contributed by atoms with Gasteiger partial charge in [0.1, 0.15) is 5.75 Å². The SMILES string of the molecule is Cc1cc(NC(=O)COc2ccccc2C(C)(C)C)ccc1N. The first-order valence-corrected chi connectivity index (χ1v) is 7.65. The molecule has 23 heavy (non-hydrogen) atoms. The monoisotopic (exact) mass is 312 g/mol. The number of carbonyl (C=O) groups excluding carboxylic acids is 1. The largest absolute Gasteiger partial charge is 0.483 e. The number of benzene rings is 2. The van der Waals surface area contributed by atoms with Gasteiger partial charge in [-0.3, -0.25) is 4.79 Å². The van der Waals surface area contributed by atoms with Gasteiger partial charge in [-0.05, 0) is 47.7 Å². The molecule has 1 amide bonds. The number of hydrogen-bond donors (Lipinski definition) is 2. The van der Waals surface area contributed by atoms with Gasteiger partial charge in [-0.2, -0.15) is 0 Å². The number of nitrogens with two attached hydrogens (primary N) is 1. The van der Waals surface area contributed by atoms with Crippen molar-refractivity contribution in [3.63, 3.8) is 0 Å². The fraction of sp³-hybridized carbons (Fsp3) is 0.316. The molecular formula is C19H24N2O2. The van der Waals surface area contributed by atoms with Crippen LogP contribution >= 0.6 is 0 Å². The third-order valence-corrected chi connectivity index (χ3v) is 3.61. The molecule has 0 spiro atoms. The Bertz CT molecular complexity index is 703. The van der Waals surface area contributed by atoms with Gasteiger partial charge in [-0.1, -0.05) is 39.0 Å². The average molecular weight is 312 g/mol. The smallest absolute Gasteiger partial charge is 0.262 e. The predicted octanol–water partition coefficient (Wildman–Crippen LogP) is 3.89. The summed E-state index contributed by atoms with van der Waals surface area (Å²) >= 11 is 0. The highest BCUT2D eigenvalue weighted by molar-refractivity contribution is 5.92. The van der Waals surface area contributed by atoms with Gasteiger partial charge in [0, 0.05) is 11.4 Å². The first-order valence-electron chi connectivity index (χ1n) is 7.65. The van der Waals surface area contributed by atoms with Crippen LogP contribution in [0.4, 0.5) is 11.4 Å². The zero-order valence-corrected chi connectivity index (χ0v) is 14.1. The molecule has 0 bridgehead atoms. The van der Waals surface area contributed by atoms with Crippen molar-refractivity contribution >= 4 is 17.3 Å². The Kier molecular flexibility index (Phi) is 4.94. The summed E-state index contributed by atoms with van der Waals surface area (Å²) in [5, 5.41) is 2.82. The second-order valence-electron chi connectivity index (χ2n) is 6.65. The van der Waals surface area contributed by atoms with E-state index in [4.69, 9.17) is 10.5 Å². The van der Waals surface area contributed by atoms with Crippen molar-refractivity contribution in [2.45, 2.75) is 33.1 Å². The summed E-state index contributed by atoms with van der Waals surface area (Å²) in [6.45, 7) is 8.23. The van der Waals surface area contributed by atoms with Crippen LogP contribution in [0.1, 0.15) is 31.9 Å². The molecule has 0 saturated carbocycles. The number of aryl methyl sites for hydroxylation is 1. The summed E-state index contributed by atoms with van der Waals surface area (Å²) in [5.74, 6) is 0.543. The lowest BCUT2D eigenvalue weighted by atomic mass is 9.86. The standard InChI is InChI=1S/C19H24N2O2/c1-13-11-14(9-10-16(13)20)21-18(22)12-23-17-8-6-5-7-15(17)19(2,3)4/h5-11H,12,20H2,1-4H3,(H,21,22). The Balaban J connectivity index is 2.01. The van der Waals surface area contributed by atoms with Crippen molar-refractivity contribution in [3.8, 4) is 5.75 Å². The van der Waals surface area contributed by atoms with E-state index in [-0.39, 0.29) is 17.9 Å². The molecule has 0 aliphatic rings. The summed E-state index contributed by atoms with van der Waals surface area (Å²) in [7, 11) is 0. The Morgan fingerprint density at radius 3 is 2.52 bits per heavy atom. The zero-order chi connectivity index (χ0) is 17.0. The second-order valence-corrected chi connectivity index (χ2v) is 6.65. The van der Waals surface area contributed by atoms with Crippen LogP contribution in [-0.4, -0.2) is 12.5 Å². The molecule has 0 saturated heterocycles. The van der Waals surface area contributed by atoms with Crippen LogP contribution in [0.3, 0.4) is 0 Å². The van der Waals surface area contributed by atoms with E-state index in [1.54, 1.807) is 12.1 Å². The predicted molar refractivity (Wildman–Crippen MR) is 94.9 cm³/mol. The molecule has 3 N–H and O–H groups in total. The molecule has 0 unspecified atom stereocenters. The molecule has 4 nitrogen and oxygen atoms in total. The van der Waals surface area contributed by atoms with E-state index in [2.05, 4.69) is 26.1 Å². The maximum absolute atomic E-state index is 12.1. The number of para-hydroxylation sites is 1. The Labute approximate surface area is 137 Å².